The number of nitrogens with zero attached hydrogens (tertiary/aromatic N) is 1. The van der Waals surface area contributed by atoms with Gasteiger partial charge in [-0.15, -0.1) is 0 Å². The predicted octanol–water partition coefficient (Wildman–Crippen LogP) is 1.83. The predicted molar refractivity (Wildman–Crippen MR) is 51.5 cm³/mol. The Morgan fingerprint density at radius 1 is 1.38 bits per heavy atom. The van der Waals surface area contributed by atoms with Crippen molar-refractivity contribution in [3.8, 4) is 0 Å². The highest BCUT2D eigenvalue weighted by Gasteiger charge is 2.14. The zero-order valence-corrected chi connectivity index (χ0v) is 7.99. The van der Waals surface area contributed by atoms with Crippen molar-refractivity contribution in [2.45, 2.75) is 25.7 Å². The number of fused-ring (bicyclic) bond motifs is 1. The van der Waals surface area contributed by atoms with E-state index in [0.717, 1.165) is 36.8 Å². The summed E-state index contributed by atoms with van der Waals surface area (Å²) in [6.07, 6.45) is 5.04. The Balaban J connectivity index is 2.63. The Bertz CT molecular complexity index is 397. The van der Waals surface area contributed by atoms with E-state index in [4.69, 9.17) is 12.2 Å². The summed E-state index contributed by atoms with van der Waals surface area (Å²) < 4.78 is 0.419. The lowest BCUT2D eigenvalue weighted by molar-refractivity contribution is 0.111. The molecule has 4 heteroatoms. The molecule has 0 aromatic carbocycles. The summed E-state index contributed by atoms with van der Waals surface area (Å²) in [6.45, 7) is 0. The van der Waals surface area contributed by atoms with Crippen molar-refractivity contribution in [2.24, 2.45) is 0 Å². The normalized spacial score (nSPS) is 15.1. The topological polar surface area (TPSA) is 45.8 Å². The van der Waals surface area contributed by atoms with Crippen molar-refractivity contribution < 1.29 is 4.79 Å². The number of carbonyl (C=O) groups excluding carboxylic acids is 1. The van der Waals surface area contributed by atoms with Gasteiger partial charge >= 0.3 is 0 Å². The Labute approximate surface area is 81.2 Å². The number of H-pyrrole nitrogens is 1. The first-order valence-electron chi connectivity index (χ1n) is 4.38. The SMILES string of the molecule is O=Cc1nc(=S)[nH]c2c1CCCC2. The lowest BCUT2D eigenvalue weighted by Crippen LogP contribution is -2.10. The van der Waals surface area contributed by atoms with Crippen molar-refractivity contribution in [1.29, 1.82) is 0 Å². The summed E-state index contributed by atoms with van der Waals surface area (Å²) in [4.78, 5) is 17.8. The van der Waals surface area contributed by atoms with E-state index in [1.807, 2.05) is 0 Å². The van der Waals surface area contributed by atoms with Crippen LogP contribution in [0.2, 0.25) is 0 Å². The van der Waals surface area contributed by atoms with Gasteiger partial charge in [0.1, 0.15) is 5.69 Å². The molecule has 0 aliphatic heterocycles. The highest BCUT2D eigenvalue weighted by atomic mass is 32.1. The molecule has 1 aromatic rings. The van der Waals surface area contributed by atoms with Crippen molar-refractivity contribution in [3.63, 3.8) is 0 Å². The third-order valence-electron chi connectivity index (χ3n) is 2.37. The van der Waals surface area contributed by atoms with Gasteiger partial charge < -0.3 is 4.98 Å². The van der Waals surface area contributed by atoms with Gasteiger partial charge in [0.05, 0.1) is 0 Å². The molecule has 1 aliphatic rings. The zero-order chi connectivity index (χ0) is 9.26. The lowest BCUT2D eigenvalue weighted by Gasteiger charge is -2.15. The maximum Gasteiger partial charge on any atom is 0.197 e. The monoisotopic (exact) mass is 194 g/mol. The minimum Gasteiger partial charge on any atom is -0.334 e. The maximum absolute atomic E-state index is 10.7. The molecular formula is C9H10N2OS. The Morgan fingerprint density at radius 3 is 2.92 bits per heavy atom. The molecule has 13 heavy (non-hydrogen) atoms. The Morgan fingerprint density at radius 2 is 2.15 bits per heavy atom. The van der Waals surface area contributed by atoms with E-state index in [2.05, 4.69) is 9.97 Å². The van der Waals surface area contributed by atoms with E-state index < -0.39 is 0 Å². The number of aromatic nitrogens is 2. The molecule has 0 spiro atoms. The van der Waals surface area contributed by atoms with E-state index in [1.165, 1.54) is 6.42 Å². The lowest BCUT2D eigenvalue weighted by atomic mass is 9.95. The first-order valence-corrected chi connectivity index (χ1v) is 4.79. The van der Waals surface area contributed by atoms with E-state index in [1.54, 1.807) is 0 Å². The molecule has 0 bridgehead atoms. The summed E-state index contributed by atoms with van der Waals surface area (Å²) in [6, 6.07) is 0. The van der Waals surface area contributed by atoms with Crippen LogP contribution in [-0.4, -0.2) is 16.3 Å². The molecule has 1 aromatic heterocycles. The van der Waals surface area contributed by atoms with Crippen LogP contribution < -0.4 is 0 Å². The van der Waals surface area contributed by atoms with Crippen LogP contribution in [0.4, 0.5) is 0 Å². The third-order valence-corrected chi connectivity index (χ3v) is 2.56. The number of aryl methyl sites for hydroxylation is 1. The van der Waals surface area contributed by atoms with Crippen molar-refractivity contribution in [2.75, 3.05) is 0 Å². The average molecular weight is 194 g/mol. The molecule has 0 fully saturated rings. The van der Waals surface area contributed by atoms with Crippen molar-refractivity contribution in [1.82, 2.24) is 9.97 Å². The van der Waals surface area contributed by atoms with E-state index in [0.29, 0.717) is 10.5 Å². The number of aldehydes is 1. The molecule has 0 amide bonds. The summed E-state index contributed by atoms with van der Waals surface area (Å²) in [5, 5.41) is 0. The van der Waals surface area contributed by atoms with Crippen LogP contribution >= 0.6 is 12.2 Å². The van der Waals surface area contributed by atoms with E-state index in [-0.39, 0.29) is 0 Å². The summed E-state index contributed by atoms with van der Waals surface area (Å²) in [5.41, 5.74) is 2.70. The second kappa shape index (κ2) is 3.38. The van der Waals surface area contributed by atoms with Gasteiger partial charge in [-0.2, -0.15) is 0 Å². The molecule has 0 saturated heterocycles. The highest BCUT2D eigenvalue weighted by Crippen LogP contribution is 2.20. The molecule has 0 saturated carbocycles. The Hall–Kier alpha value is -1.03. The second-order valence-electron chi connectivity index (χ2n) is 3.21. The number of aromatic amines is 1. The van der Waals surface area contributed by atoms with Gasteiger partial charge in [0.15, 0.2) is 11.1 Å². The molecule has 1 N–H and O–H groups in total. The average Bonchev–Trinajstić information content (AvgIpc) is 2.16. The molecule has 1 heterocycles. The minimum atomic E-state index is 0.419. The molecular weight excluding hydrogens is 184 g/mol. The minimum absolute atomic E-state index is 0.419. The third kappa shape index (κ3) is 1.54. The molecule has 1 aliphatic carbocycles. The summed E-state index contributed by atoms with van der Waals surface area (Å²) in [7, 11) is 0. The quantitative estimate of drug-likeness (QED) is 0.548. The van der Waals surface area contributed by atoms with Gasteiger partial charge in [-0.05, 0) is 37.9 Å². The van der Waals surface area contributed by atoms with Crippen LogP contribution in [0, 0.1) is 4.77 Å². The second-order valence-corrected chi connectivity index (χ2v) is 3.60. The summed E-state index contributed by atoms with van der Waals surface area (Å²) in [5.74, 6) is 0. The molecule has 0 unspecified atom stereocenters. The number of hydrogen-bond donors (Lipinski definition) is 1. The largest absolute Gasteiger partial charge is 0.334 e. The van der Waals surface area contributed by atoms with E-state index in [9.17, 15) is 4.79 Å². The number of carbonyl (C=O) groups is 1. The van der Waals surface area contributed by atoms with E-state index >= 15 is 0 Å². The van der Waals surface area contributed by atoms with Crippen LogP contribution in [0.1, 0.15) is 34.6 Å². The fourth-order valence-electron chi connectivity index (χ4n) is 1.76. The maximum atomic E-state index is 10.7. The molecule has 2 rings (SSSR count). The zero-order valence-electron chi connectivity index (χ0n) is 7.17. The molecule has 0 atom stereocenters. The molecule has 3 nitrogen and oxygen atoms in total. The smallest absolute Gasteiger partial charge is 0.197 e. The Kier molecular flexibility index (Phi) is 2.22. The standard InChI is InChI=1S/C9H10N2OS/c12-5-8-6-3-1-2-4-7(6)10-9(13)11-8/h5H,1-4H2,(H,10,11,13). The fourth-order valence-corrected chi connectivity index (χ4v) is 1.98. The first-order chi connectivity index (χ1) is 6.31. The van der Waals surface area contributed by atoms with Crippen molar-refractivity contribution in [3.05, 3.63) is 21.7 Å². The number of hydrogen-bond acceptors (Lipinski definition) is 3. The summed E-state index contributed by atoms with van der Waals surface area (Å²) >= 11 is 4.93. The van der Waals surface area contributed by atoms with Crippen LogP contribution in [0.3, 0.4) is 0 Å². The van der Waals surface area contributed by atoms with Gasteiger partial charge in [0.2, 0.25) is 0 Å². The van der Waals surface area contributed by atoms with Crippen LogP contribution in [0.5, 0.6) is 0 Å². The number of rotatable bonds is 1. The van der Waals surface area contributed by atoms with Crippen LogP contribution in [0.25, 0.3) is 0 Å². The van der Waals surface area contributed by atoms with Crippen LogP contribution in [0.15, 0.2) is 0 Å². The highest BCUT2D eigenvalue weighted by molar-refractivity contribution is 7.71. The molecule has 68 valence electrons. The van der Waals surface area contributed by atoms with Gasteiger partial charge in [-0.1, -0.05) is 0 Å². The van der Waals surface area contributed by atoms with Crippen LogP contribution in [-0.2, 0) is 12.8 Å². The van der Waals surface area contributed by atoms with Gasteiger partial charge in [0.25, 0.3) is 0 Å². The first kappa shape index (κ1) is 8.56. The van der Waals surface area contributed by atoms with Gasteiger partial charge in [0, 0.05) is 11.3 Å². The van der Waals surface area contributed by atoms with Gasteiger partial charge in [-0.3, -0.25) is 4.79 Å². The van der Waals surface area contributed by atoms with Gasteiger partial charge in [-0.25, -0.2) is 4.98 Å². The van der Waals surface area contributed by atoms with Crippen molar-refractivity contribution >= 4 is 18.5 Å². The number of nitrogens with one attached hydrogen (secondary N) is 1. The fraction of sp³-hybridized carbons (Fsp3) is 0.444. The molecule has 0 radical (unpaired) electrons.